The molecule has 3 N–H and O–H groups in total. The van der Waals surface area contributed by atoms with Crippen LogP contribution in [0, 0.1) is 0 Å². The van der Waals surface area contributed by atoms with Gasteiger partial charge in [0.1, 0.15) is 6.26 Å². The van der Waals surface area contributed by atoms with Gasteiger partial charge in [-0.25, -0.2) is 5.48 Å². The van der Waals surface area contributed by atoms with Gasteiger partial charge in [-0.15, -0.1) is 0 Å². The number of para-hydroxylation sites is 1. The van der Waals surface area contributed by atoms with E-state index in [-0.39, 0.29) is 0 Å². The topological polar surface area (TPSA) is 47.3 Å². The molecule has 0 amide bonds. The van der Waals surface area contributed by atoms with Gasteiger partial charge in [0.25, 0.3) is 0 Å². The highest BCUT2D eigenvalue weighted by Gasteiger charge is 1.73. The lowest BCUT2D eigenvalue weighted by Crippen LogP contribution is -2.01. The zero-order valence-electron chi connectivity index (χ0n) is 7.18. The van der Waals surface area contributed by atoms with Crippen molar-refractivity contribution in [2.75, 3.05) is 5.73 Å². The van der Waals surface area contributed by atoms with Crippen LogP contribution in [0.4, 0.5) is 5.69 Å². The first-order valence-corrected chi connectivity index (χ1v) is 3.93. The van der Waals surface area contributed by atoms with Crippen molar-refractivity contribution in [3.05, 3.63) is 54.9 Å². The predicted octanol–water partition coefficient (Wildman–Crippen LogP) is 1.82. The lowest BCUT2D eigenvalue weighted by molar-refractivity contribution is 0.172. The van der Waals surface area contributed by atoms with Gasteiger partial charge in [0.2, 0.25) is 0 Å². The number of rotatable bonds is 0. The first-order valence-electron chi connectivity index (χ1n) is 3.93. The molecule has 2 rings (SSSR count). The molecular formula is C10H12N2O. The Morgan fingerprint density at radius 1 is 1.08 bits per heavy atom. The number of nitrogen functional groups attached to an aromatic ring is 1. The highest BCUT2D eigenvalue weighted by Crippen LogP contribution is 1.95. The molecule has 0 spiro atoms. The third-order valence-electron chi connectivity index (χ3n) is 1.29. The molecule has 0 atom stereocenters. The molecule has 0 aromatic heterocycles. The SMILES string of the molecule is C1=CNOC=C1.Nc1ccccc1. The fourth-order valence-corrected chi connectivity index (χ4v) is 0.711. The van der Waals surface area contributed by atoms with E-state index in [9.17, 15) is 0 Å². The third kappa shape index (κ3) is 4.53. The van der Waals surface area contributed by atoms with Gasteiger partial charge >= 0.3 is 0 Å². The van der Waals surface area contributed by atoms with Crippen molar-refractivity contribution in [1.29, 1.82) is 0 Å². The Kier molecular flexibility index (Phi) is 4.04. The average molecular weight is 176 g/mol. The maximum absolute atomic E-state index is 5.36. The van der Waals surface area contributed by atoms with Crippen molar-refractivity contribution < 1.29 is 4.84 Å². The molecule has 1 aliphatic heterocycles. The molecule has 68 valence electrons. The molecule has 1 aliphatic rings. The van der Waals surface area contributed by atoms with Crippen LogP contribution in [0.3, 0.4) is 0 Å². The second-order valence-electron chi connectivity index (χ2n) is 2.33. The number of hydrogen-bond donors (Lipinski definition) is 2. The molecule has 0 aliphatic carbocycles. The van der Waals surface area contributed by atoms with Crippen LogP contribution >= 0.6 is 0 Å². The Labute approximate surface area is 77.5 Å². The molecule has 0 bridgehead atoms. The summed E-state index contributed by atoms with van der Waals surface area (Å²) in [7, 11) is 0. The molecule has 0 unspecified atom stereocenters. The summed E-state index contributed by atoms with van der Waals surface area (Å²) in [5.41, 5.74) is 8.70. The van der Waals surface area contributed by atoms with E-state index in [2.05, 4.69) is 10.3 Å². The molecule has 13 heavy (non-hydrogen) atoms. The second kappa shape index (κ2) is 5.71. The maximum atomic E-state index is 5.36. The zero-order valence-corrected chi connectivity index (χ0v) is 7.18. The smallest absolute Gasteiger partial charge is 0.119 e. The Morgan fingerprint density at radius 2 is 1.85 bits per heavy atom. The largest absolute Gasteiger partial charge is 0.399 e. The highest BCUT2D eigenvalue weighted by molar-refractivity contribution is 5.35. The van der Waals surface area contributed by atoms with Crippen LogP contribution < -0.4 is 11.2 Å². The fraction of sp³-hybridized carbons (Fsp3) is 0. The Bertz CT molecular complexity index is 268. The predicted molar refractivity (Wildman–Crippen MR) is 53.4 cm³/mol. The van der Waals surface area contributed by atoms with Crippen LogP contribution in [-0.4, -0.2) is 0 Å². The molecule has 1 heterocycles. The van der Waals surface area contributed by atoms with Crippen molar-refractivity contribution in [2.45, 2.75) is 0 Å². The number of hydrogen-bond acceptors (Lipinski definition) is 3. The van der Waals surface area contributed by atoms with Gasteiger partial charge in [0.15, 0.2) is 0 Å². The van der Waals surface area contributed by atoms with Crippen LogP contribution in [0.5, 0.6) is 0 Å². The van der Waals surface area contributed by atoms with Gasteiger partial charge in [-0.2, -0.15) is 0 Å². The Balaban J connectivity index is 0.000000132. The third-order valence-corrected chi connectivity index (χ3v) is 1.29. The van der Waals surface area contributed by atoms with Crippen LogP contribution in [0.15, 0.2) is 54.9 Å². The van der Waals surface area contributed by atoms with Crippen molar-refractivity contribution in [3.8, 4) is 0 Å². The summed E-state index contributed by atoms with van der Waals surface area (Å²) in [6, 6.07) is 9.49. The van der Waals surface area contributed by atoms with E-state index in [1.54, 1.807) is 18.5 Å². The summed E-state index contributed by atoms with van der Waals surface area (Å²) >= 11 is 0. The van der Waals surface area contributed by atoms with Gasteiger partial charge < -0.3 is 10.6 Å². The molecule has 0 saturated carbocycles. The highest BCUT2D eigenvalue weighted by atomic mass is 16.6. The van der Waals surface area contributed by atoms with Crippen molar-refractivity contribution in [3.63, 3.8) is 0 Å². The summed E-state index contributed by atoms with van der Waals surface area (Å²) in [5.74, 6) is 0. The van der Waals surface area contributed by atoms with E-state index < -0.39 is 0 Å². The van der Waals surface area contributed by atoms with Gasteiger partial charge in [0.05, 0.1) is 0 Å². The van der Waals surface area contributed by atoms with Gasteiger partial charge in [-0.1, -0.05) is 18.2 Å². The van der Waals surface area contributed by atoms with E-state index >= 15 is 0 Å². The summed E-state index contributed by atoms with van der Waals surface area (Å²) in [6.07, 6.45) is 6.93. The van der Waals surface area contributed by atoms with Crippen molar-refractivity contribution in [2.24, 2.45) is 0 Å². The monoisotopic (exact) mass is 176 g/mol. The maximum Gasteiger partial charge on any atom is 0.119 e. The Hall–Kier alpha value is -1.90. The Morgan fingerprint density at radius 3 is 2.08 bits per heavy atom. The molecule has 0 radical (unpaired) electrons. The molecule has 1 aromatic carbocycles. The molecule has 3 heteroatoms. The summed E-state index contributed by atoms with van der Waals surface area (Å²) in [5, 5.41) is 0. The molecule has 1 aromatic rings. The van der Waals surface area contributed by atoms with E-state index in [1.165, 1.54) is 0 Å². The minimum atomic E-state index is 0.822. The van der Waals surface area contributed by atoms with Crippen LogP contribution in [-0.2, 0) is 4.84 Å². The molecular weight excluding hydrogens is 164 g/mol. The summed E-state index contributed by atoms with van der Waals surface area (Å²) in [6.45, 7) is 0. The lowest BCUT2D eigenvalue weighted by atomic mass is 10.3. The minimum absolute atomic E-state index is 0.822. The number of allylic oxidation sites excluding steroid dienone is 2. The van der Waals surface area contributed by atoms with Crippen LogP contribution in [0.2, 0.25) is 0 Å². The zero-order chi connectivity index (χ0) is 9.36. The number of benzene rings is 1. The molecule has 3 nitrogen and oxygen atoms in total. The first kappa shape index (κ1) is 9.19. The van der Waals surface area contributed by atoms with Crippen molar-refractivity contribution in [1.82, 2.24) is 5.48 Å². The van der Waals surface area contributed by atoms with Gasteiger partial charge in [0, 0.05) is 11.9 Å². The number of anilines is 1. The number of nitrogens with one attached hydrogen (secondary N) is 1. The van der Waals surface area contributed by atoms with E-state index in [0.29, 0.717) is 0 Å². The molecule has 0 saturated heterocycles. The quantitative estimate of drug-likeness (QED) is 0.593. The number of nitrogens with two attached hydrogens (primary N) is 1. The van der Waals surface area contributed by atoms with E-state index in [0.717, 1.165) is 5.69 Å². The fourth-order valence-electron chi connectivity index (χ4n) is 0.711. The van der Waals surface area contributed by atoms with E-state index in [1.807, 2.05) is 36.4 Å². The van der Waals surface area contributed by atoms with Crippen LogP contribution in [0.1, 0.15) is 0 Å². The first-order chi connectivity index (χ1) is 6.39. The summed E-state index contributed by atoms with van der Waals surface area (Å²) < 4.78 is 0. The van der Waals surface area contributed by atoms with E-state index in [4.69, 9.17) is 5.73 Å². The summed E-state index contributed by atoms with van der Waals surface area (Å²) in [4.78, 5) is 4.55. The normalized spacial score (nSPS) is 12.0. The van der Waals surface area contributed by atoms with Crippen molar-refractivity contribution >= 4 is 5.69 Å². The standard InChI is InChI=1S/C6H7N.C4H5NO/c7-6-4-2-1-3-5-6;1-2-4-6-5-3-1/h1-5H,7H2;1-5H. The van der Waals surface area contributed by atoms with Crippen LogP contribution in [0.25, 0.3) is 0 Å². The molecule has 0 fully saturated rings. The average Bonchev–Trinajstić information content (AvgIpc) is 2.22. The van der Waals surface area contributed by atoms with Gasteiger partial charge in [-0.3, -0.25) is 0 Å². The lowest BCUT2D eigenvalue weighted by Gasteiger charge is -1.97. The minimum Gasteiger partial charge on any atom is -0.399 e. The number of hydroxylamine groups is 1. The second-order valence-corrected chi connectivity index (χ2v) is 2.33. The van der Waals surface area contributed by atoms with Gasteiger partial charge in [-0.05, 0) is 24.3 Å².